The highest BCUT2D eigenvalue weighted by molar-refractivity contribution is 7.10. The van der Waals surface area contributed by atoms with Gasteiger partial charge in [0.15, 0.2) is 0 Å². The summed E-state index contributed by atoms with van der Waals surface area (Å²) in [4.78, 5) is 45.2. The van der Waals surface area contributed by atoms with E-state index in [4.69, 9.17) is 0 Å². The number of nitrogens with zero attached hydrogens (tertiary/aromatic N) is 3. The molecular weight excluding hydrogens is 394 g/mol. The smallest absolute Gasteiger partial charge is 0.273 e. The lowest BCUT2D eigenvalue weighted by molar-refractivity contribution is -0.144. The minimum Gasteiger partial charge on any atom is -0.273 e. The largest absolute Gasteiger partial charge is 0.335 e. The molecule has 0 spiro atoms. The first kappa shape index (κ1) is 18.0. The first-order valence-corrected chi connectivity index (χ1v) is 11.4. The number of urea groups is 1. The second-order valence-corrected chi connectivity index (χ2v) is 9.53. The molecule has 1 saturated carbocycles. The maximum absolute atomic E-state index is 13.0. The van der Waals surface area contributed by atoms with E-state index in [1.54, 1.807) is 22.7 Å². The van der Waals surface area contributed by atoms with Crippen molar-refractivity contribution in [3.8, 4) is 0 Å². The van der Waals surface area contributed by atoms with E-state index < -0.39 is 17.8 Å². The zero-order valence-electron chi connectivity index (χ0n) is 15.4. The molecule has 1 saturated heterocycles. The topological polar surface area (TPSA) is 60.9 Å². The van der Waals surface area contributed by atoms with Gasteiger partial charge in [-0.3, -0.25) is 19.4 Å². The standard InChI is InChI=1S/C20H21N3O3S2/c24-18-19(25)23(13-4-1-2-5-13)20(26)22(18)12-21-9-7-15-14(8-11-28-15)17(21)16-6-3-10-27-16/h3,6,8,10-11,13,17H,1-2,4-5,7,9,12H2/t17-/m1/s1. The highest BCUT2D eigenvalue weighted by Gasteiger charge is 2.49. The van der Waals surface area contributed by atoms with Crippen LogP contribution in [0.1, 0.15) is 47.0 Å². The molecular formula is C20H21N3O3S2. The summed E-state index contributed by atoms with van der Waals surface area (Å²) in [5.74, 6) is -1.34. The number of amides is 4. The van der Waals surface area contributed by atoms with E-state index in [9.17, 15) is 14.4 Å². The predicted octanol–water partition coefficient (Wildman–Crippen LogP) is 3.45. The van der Waals surface area contributed by atoms with E-state index in [2.05, 4.69) is 22.4 Å². The summed E-state index contributed by atoms with van der Waals surface area (Å²) in [7, 11) is 0. The maximum atomic E-state index is 13.0. The first-order chi connectivity index (χ1) is 13.6. The summed E-state index contributed by atoms with van der Waals surface area (Å²) in [6, 6.07) is 5.72. The monoisotopic (exact) mass is 415 g/mol. The van der Waals surface area contributed by atoms with Crippen molar-refractivity contribution >= 4 is 40.5 Å². The Morgan fingerprint density at radius 2 is 1.82 bits per heavy atom. The molecule has 4 heterocycles. The number of carbonyl (C=O) groups is 3. The summed E-state index contributed by atoms with van der Waals surface area (Å²) < 4.78 is 0. The van der Waals surface area contributed by atoms with Gasteiger partial charge in [-0.25, -0.2) is 9.69 Å². The molecule has 2 fully saturated rings. The number of hydrogen-bond donors (Lipinski definition) is 0. The Balaban J connectivity index is 1.42. The van der Waals surface area contributed by atoms with Crippen LogP contribution in [-0.2, 0) is 16.0 Å². The molecule has 0 unspecified atom stereocenters. The molecule has 3 aliphatic rings. The summed E-state index contributed by atoms with van der Waals surface area (Å²) in [5, 5.41) is 4.15. The first-order valence-electron chi connectivity index (χ1n) is 9.68. The lowest BCUT2D eigenvalue weighted by atomic mass is 9.99. The molecule has 5 rings (SSSR count). The zero-order chi connectivity index (χ0) is 19.3. The Morgan fingerprint density at radius 3 is 2.57 bits per heavy atom. The van der Waals surface area contributed by atoms with E-state index >= 15 is 0 Å². The fraction of sp³-hybridized carbons (Fsp3) is 0.450. The second-order valence-electron chi connectivity index (χ2n) is 7.55. The van der Waals surface area contributed by atoms with Crippen LogP contribution in [0.15, 0.2) is 29.0 Å². The fourth-order valence-electron chi connectivity index (χ4n) is 4.61. The number of hydrogen-bond acceptors (Lipinski definition) is 6. The number of fused-ring (bicyclic) bond motifs is 1. The van der Waals surface area contributed by atoms with Gasteiger partial charge in [-0.2, -0.15) is 0 Å². The molecule has 1 aliphatic carbocycles. The summed E-state index contributed by atoms with van der Waals surface area (Å²) >= 11 is 3.44. The molecule has 0 aromatic carbocycles. The minimum atomic E-state index is -0.682. The zero-order valence-corrected chi connectivity index (χ0v) is 17.0. The van der Waals surface area contributed by atoms with Gasteiger partial charge in [-0.05, 0) is 47.7 Å². The van der Waals surface area contributed by atoms with Crippen molar-refractivity contribution in [2.45, 2.75) is 44.2 Å². The molecule has 28 heavy (non-hydrogen) atoms. The van der Waals surface area contributed by atoms with E-state index in [0.717, 1.165) is 43.5 Å². The maximum Gasteiger partial charge on any atom is 0.335 e. The Bertz CT molecular complexity index is 917. The van der Waals surface area contributed by atoms with Crippen molar-refractivity contribution in [2.75, 3.05) is 13.2 Å². The van der Waals surface area contributed by atoms with Crippen LogP contribution in [0.4, 0.5) is 4.79 Å². The van der Waals surface area contributed by atoms with Crippen molar-refractivity contribution in [1.82, 2.24) is 14.7 Å². The average molecular weight is 416 g/mol. The van der Waals surface area contributed by atoms with E-state index in [-0.39, 0.29) is 18.8 Å². The van der Waals surface area contributed by atoms with Gasteiger partial charge in [-0.1, -0.05) is 18.9 Å². The number of thiophene rings is 2. The van der Waals surface area contributed by atoms with Crippen LogP contribution in [0.2, 0.25) is 0 Å². The molecule has 6 nitrogen and oxygen atoms in total. The average Bonchev–Trinajstić information content (AvgIpc) is 3.48. The normalized spacial score (nSPS) is 23.9. The summed E-state index contributed by atoms with van der Waals surface area (Å²) in [5.41, 5.74) is 1.25. The molecule has 2 aliphatic heterocycles. The van der Waals surface area contributed by atoms with Crippen molar-refractivity contribution in [1.29, 1.82) is 0 Å². The quantitative estimate of drug-likeness (QED) is 0.567. The van der Waals surface area contributed by atoms with Crippen LogP contribution in [-0.4, -0.2) is 51.8 Å². The summed E-state index contributed by atoms with van der Waals surface area (Å²) in [6.45, 7) is 0.912. The van der Waals surface area contributed by atoms with Crippen LogP contribution in [0.25, 0.3) is 0 Å². The molecule has 0 radical (unpaired) electrons. The number of rotatable bonds is 4. The fourth-order valence-corrected chi connectivity index (χ4v) is 6.39. The van der Waals surface area contributed by atoms with Crippen molar-refractivity contribution < 1.29 is 14.4 Å². The van der Waals surface area contributed by atoms with Crippen molar-refractivity contribution in [2.24, 2.45) is 0 Å². The molecule has 2 aromatic heterocycles. The Hall–Kier alpha value is -2.03. The van der Waals surface area contributed by atoms with Crippen LogP contribution in [0.5, 0.6) is 0 Å². The molecule has 2 aromatic rings. The van der Waals surface area contributed by atoms with Gasteiger partial charge in [0.25, 0.3) is 0 Å². The minimum absolute atomic E-state index is 0.0197. The second kappa shape index (κ2) is 7.09. The van der Waals surface area contributed by atoms with Crippen LogP contribution < -0.4 is 0 Å². The van der Waals surface area contributed by atoms with E-state index in [1.165, 1.54) is 20.2 Å². The van der Waals surface area contributed by atoms with Gasteiger partial charge in [0.2, 0.25) is 0 Å². The Morgan fingerprint density at radius 1 is 1.00 bits per heavy atom. The van der Waals surface area contributed by atoms with Gasteiger partial charge in [0, 0.05) is 22.3 Å². The Labute approximate surface area is 171 Å². The van der Waals surface area contributed by atoms with Gasteiger partial charge in [-0.15, -0.1) is 22.7 Å². The van der Waals surface area contributed by atoms with Gasteiger partial charge < -0.3 is 0 Å². The Kier molecular flexibility index (Phi) is 4.57. The highest BCUT2D eigenvalue weighted by Crippen LogP contribution is 2.40. The number of carbonyl (C=O) groups excluding carboxylic acids is 3. The van der Waals surface area contributed by atoms with Gasteiger partial charge in [0.05, 0.1) is 12.7 Å². The number of imide groups is 2. The summed E-state index contributed by atoms with van der Waals surface area (Å²) in [6.07, 6.45) is 4.51. The molecule has 0 bridgehead atoms. The van der Waals surface area contributed by atoms with Gasteiger partial charge in [0.1, 0.15) is 0 Å². The molecule has 0 N–H and O–H groups in total. The lowest BCUT2D eigenvalue weighted by Gasteiger charge is -2.37. The molecule has 4 amide bonds. The van der Waals surface area contributed by atoms with Crippen molar-refractivity contribution in [3.63, 3.8) is 0 Å². The van der Waals surface area contributed by atoms with E-state index in [1.807, 2.05) is 11.4 Å². The van der Waals surface area contributed by atoms with Crippen LogP contribution in [0.3, 0.4) is 0 Å². The lowest BCUT2D eigenvalue weighted by Crippen LogP contribution is -2.46. The predicted molar refractivity (Wildman–Crippen MR) is 107 cm³/mol. The highest BCUT2D eigenvalue weighted by atomic mass is 32.1. The molecule has 146 valence electrons. The third-order valence-electron chi connectivity index (χ3n) is 5.98. The molecule has 8 heteroatoms. The van der Waals surface area contributed by atoms with Crippen molar-refractivity contribution in [3.05, 3.63) is 44.3 Å². The van der Waals surface area contributed by atoms with E-state index in [0.29, 0.717) is 0 Å². The molecule has 1 atom stereocenters. The van der Waals surface area contributed by atoms with Gasteiger partial charge >= 0.3 is 17.8 Å². The third-order valence-corrected chi connectivity index (χ3v) is 7.90. The van der Waals surface area contributed by atoms with Crippen LogP contribution in [0, 0.1) is 0 Å². The van der Waals surface area contributed by atoms with Crippen LogP contribution >= 0.6 is 22.7 Å². The third kappa shape index (κ3) is 2.82. The SMILES string of the molecule is O=C1C(=O)N(C2CCCC2)C(=O)N1CN1CCc2sccc2[C@@H]1c1cccs1.